The number of nitrogens with two attached hydrogens (primary N) is 1. The van der Waals surface area contributed by atoms with E-state index in [4.69, 9.17) is 19.9 Å². The maximum absolute atomic E-state index is 12.0. The minimum Gasteiger partial charge on any atom is -0.497 e. The minimum atomic E-state index is -1.49. The number of carbonyl (C=O) groups is 2. The highest BCUT2D eigenvalue weighted by Gasteiger charge is 2.30. The van der Waals surface area contributed by atoms with E-state index < -0.39 is 29.7 Å². The van der Waals surface area contributed by atoms with Crippen LogP contribution in [0.3, 0.4) is 0 Å². The van der Waals surface area contributed by atoms with Crippen LogP contribution in [0.25, 0.3) is 0 Å². The molecule has 128 valence electrons. The van der Waals surface area contributed by atoms with Crippen molar-refractivity contribution in [2.24, 2.45) is 11.7 Å². The Bertz CT molecular complexity index is 532. The van der Waals surface area contributed by atoms with Crippen LogP contribution in [-0.2, 0) is 14.3 Å². The topological polar surface area (TPSA) is 108 Å². The molecule has 0 bridgehead atoms. The monoisotopic (exact) mass is 325 g/mol. The van der Waals surface area contributed by atoms with Crippen LogP contribution in [0.4, 0.5) is 0 Å². The van der Waals surface area contributed by atoms with E-state index in [1.807, 2.05) is 0 Å². The van der Waals surface area contributed by atoms with Gasteiger partial charge in [0.25, 0.3) is 0 Å². The summed E-state index contributed by atoms with van der Waals surface area (Å²) in [7, 11) is 1.52. The van der Waals surface area contributed by atoms with Crippen molar-refractivity contribution in [3.05, 3.63) is 29.8 Å². The normalized spacial score (nSPS) is 13.8. The fourth-order valence-corrected chi connectivity index (χ4v) is 1.66. The van der Waals surface area contributed by atoms with Gasteiger partial charge in [0.1, 0.15) is 30.1 Å². The van der Waals surface area contributed by atoms with Gasteiger partial charge in [0, 0.05) is 0 Å². The predicted octanol–water partition coefficient (Wildman–Crippen LogP) is 1.09. The summed E-state index contributed by atoms with van der Waals surface area (Å²) in [6, 6.07) is 6.28. The average molecular weight is 325 g/mol. The standard InChI is InChI=1S/C16H23NO6/c1-16(2,3)23-15(20)12(13(17)18)9-22-14(19)10-5-7-11(21-4)8-6-10/h5-8,12-13,18H,9,17H2,1-4H3. The molecule has 0 amide bonds. The Balaban J connectivity index is 2.67. The average Bonchev–Trinajstić information content (AvgIpc) is 2.45. The van der Waals surface area contributed by atoms with Crippen molar-refractivity contribution < 1.29 is 28.9 Å². The molecule has 2 unspecified atom stereocenters. The Kier molecular flexibility index (Phi) is 6.53. The highest BCUT2D eigenvalue weighted by atomic mass is 16.6. The zero-order valence-corrected chi connectivity index (χ0v) is 13.7. The molecular formula is C16H23NO6. The maximum atomic E-state index is 12.0. The number of aliphatic hydroxyl groups excluding tert-OH is 1. The first-order chi connectivity index (χ1) is 10.6. The van der Waals surface area contributed by atoms with Gasteiger partial charge in [0.2, 0.25) is 0 Å². The van der Waals surface area contributed by atoms with Crippen LogP contribution in [-0.4, -0.2) is 42.6 Å². The van der Waals surface area contributed by atoms with Crippen molar-refractivity contribution >= 4 is 11.9 Å². The summed E-state index contributed by atoms with van der Waals surface area (Å²) in [6.07, 6.45) is -1.49. The Labute approximate surface area is 135 Å². The molecule has 0 radical (unpaired) electrons. The van der Waals surface area contributed by atoms with Crippen LogP contribution >= 0.6 is 0 Å². The van der Waals surface area contributed by atoms with Crippen molar-refractivity contribution in [2.75, 3.05) is 13.7 Å². The number of hydrogen-bond acceptors (Lipinski definition) is 7. The summed E-state index contributed by atoms with van der Waals surface area (Å²) < 4.78 is 15.2. The van der Waals surface area contributed by atoms with Crippen LogP contribution in [0.5, 0.6) is 5.75 Å². The van der Waals surface area contributed by atoms with Gasteiger partial charge < -0.3 is 25.1 Å². The van der Waals surface area contributed by atoms with Crippen molar-refractivity contribution in [3.8, 4) is 5.75 Å². The Morgan fingerprint density at radius 3 is 2.22 bits per heavy atom. The first-order valence-electron chi connectivity index (χ1n) is 7.11. The first-order valence-corrected chi connectivity index (χ1v) is 7.11. The Morgan fingerprint density at radius 2 is 1.78 bits per heavy atom. The van der Waals surface area contributed by atoms with Gasteiger partial charge in [0.15, 0.2) is 0 Å². The first kappa shape index (κ1) is 18.9. The van der Waals surface area contributed by atoms with E-state index in [9.17, 15) is 14.7 Å². The molecule has 0 saturated carbocycles. The van der Waals surface area contributed by atoms with E-state index in [0.717, 1.165) is 0 Å². The molecule has 23 heavy (non-hydrogen) atoms. The third-order valence-electron chi connectivity index (χ3n) is 2.84. The van der Waals surface area contributed by atoms with Crippen molar-refractivity contribution in [1.82, 2.24) is 0 Å². The van der Waals surface area contributed by atoms with E-state index in [0.29, 0.717) is 11.3 Å². The molecule has 7 heteroatoms. The quantitative estimate of drug-likeness (QED) is 0.595. The summed E-state index contributed by atoms with van der Waals surface area (Å²) in [6.45, 7) is 4.69. The highest BCUT2D eigenvalue weighted by Crippen LogP contribution is 2.15. The van der Waals surface area contributed by atoms with Gasteiger partial charge >= 0.3 is 11.9 Å². The second-order valence-electron chi connectivity index (χ2n) is 5.96. The Hall–Kier alpha value is -2.12. The maximum Gasteiger partial charge on any atom is 0.338 e. The molecular weight excluding hydrogens is 302 g/mol. The van der Waals surface area contributed by atoms with Crippen LogP contribution in [0.2, 0.25) is 0 Å². The van der Waals surface area contributed by atoms with E-state index in [-0.39, 0.29) is 6.61 Å². The fraction of sp³-hybridized carbons (Fsp3) is 0.500. The third-order valence-corrected chi connectivity index (χ3v) is 2.84. The van der Waals surface area contributed by atoms with Crippen LogP contribution in [0.1, 0.15) is 31.1 Å². The summed E-state index contributed by atoms with van der Waals surface area (Å²) in [5, 5.41) is 9.50. The van der Waals surface area contributed by atoms with Gasteiger partial charge in [-0.3, -0.25) is 4.79 Å². The zero-order chi connectivity index (χ0) is 17.6. The molecule has 0 fully saturated rings. The molecule has 0 aliphatic heterocycles. The molecule has 0 aromatic heterocycles. The van der Waals surface area contributed by atoms with E-state index in [1.165, 1.54) is 19.2 Å². The SMILES string of the molecule is COc1ccc(C(=O)OCC(C(=O)OC(C)(C)C)C(N)O)cc1. The number of carbonyl (C=O) groups excluding carboxylic acids is 2. The number of benzene rings is 1. The van der Waals surface area contributed by atoms with Gasteiger partial charge in [-0.15, -0.1) is 0 Å². The molecule has 0 aliphatic rings. The number of methoxy groups -OCH3 is 1. The lowest BCUT2D eigenvalue weighted by molar-refractivity contribution is -0.165. The lowest BCUT2D eigenvalue weighted by Gasteiger charge is -2.25. The summed E-state index contributed by atoms with van der Waals surface area (Å²) >= 11 is 0. The van der Waals surface area contributed by atoms with Crippen molar-refractivity contribution in [3.63, 3.8) is 0 Å². The predicted molar refractivity (Wildman–Crippen MR) is 82.8 cm³/mol. The van der Waals surface area contributed by atoms with E-state index in [2.05, 4.69) is 0 Å². The molecule has 0 spiro atoms. The number of aliphatic hydroxyl groups is 1. The van der Waals surface area contributed by atoms with Crippen LogP contribution in [0, 0.1) is 5.92 Å². The Morgan fingerprint density at radius 1 is 1.22 bits per heavy atom. The second kappa shape index (κ2) is 7.94. The van der Waals surface area contributed by atoms with Crippen LogP contribution in [0.15, 0.2) is 24.3 Å². The van der Waals surface area contributed by atoms with Crippen LogP contribution < -0.4 is 10.5 Å². The molecule has 1 aromatic rings. The molecule has 0 saturated heterocycles. The molecule has 0 heterocycles. The van der Waals surface area contributed by atoms with Gasteiger partial charge in [-0.2, -0.15) is 0 Å². The van der Waals surface area contributed by atoms with Gasteiger partial charge in [0.05, 0.1) is 12.7 Å². The van der Waals surface area contributed by atoms with Gasteiger partial charge in [-0.25, -0.2) is 4.79 Å². The summed E-state index contributed by atoms with van der Waals surface area (Å²) in [5.74, 6) is -1.92. The highest BCUT2D eigenvalue weighted by molar-refractivity contribution is 5.89. The zero-order valence-electron chi connectivity index (χ0n) is 13.7. The number of hydrogen-bond donors (Lipinski definition) is 2. The van der Waals surface area contributed by atoms with Gasteiger partial charge in [-0.05, 0) is 45.0 Å². The lowest BCUT2D eigenvalue weighted by Crippen LogP contribution is -2.42. The molecule has 2 atom stereocenters. The smallest absolute Gasteiger partial charge is 0.338 e. The van der Waals surface area contributed by atoms with E-state index >= 15 is 0 Å². The summed E-state index contributed by atoms with van der Waals surface area (Å²) in [4.78, 5) is 23.9. The largest absolute Gasteiger partial charge is 0.497 e. The minimum absolute atomic E-state index is 0.292. The molecule has 1 rings (SSSR count). The van der Waals surface area contributed by atoms with Crippen molar-refractivity contribution in [2.45, 2.75) is 32.6 Å². The lowest BCUT2D eigenvalue weighted by atomic mass is 10.1. The third kappa shape index (κ3) is 6.25. The fourth-order valence-electron chi connectivity index (χ4n) is 1.66. The number of esters is 2. The number of rotatable bonds is 6. The van der Waals surface area contributed by atoms with Crippen molar-refractivity contribution in [1.29, 1.82) is 0 Å². The molecule has 3 N–H and O–H groups in total. The second-order valence-corrected chi connectivity index (χ2v) is 5.96. The summed E-state index contributed by atoms with van der Waals surface area (Å²) in [5.41, 5.74) is 4.93. The van der Waals surface area contributed by atoms with E-state index in [1.54, 1.807) is 32.9 Å². The van der Waals surface area contributed by atoms with Gasteiger partial charge in [-0.1, -0.05) is 0 Å². The molecule has 1 aromatic carbocycles. The molecule has 7 nitrogen and oxygen atoms in total. The number of ether oxygens (including phenoxy) is 3. The molecule has 0 aliphatic carbocycles.